The predicted octanol–water partition coefficient (Wildman–Crippen LogP) is 1.64. The minimum absolute atomic E-state index is 0.0503. The van der Waals surface area contributed by atoms with E-state index in [1.165, 1.54) is 6.07 Å². The van der Waals surface area contributed by atoms with Gasteiger partial charge in [0.15, 0.2) is 0 Å². The molecule has 1 aromatic rings. The molecule has 8 heteroatoms. The summed E-state index contributed by atoms with van der Waals surface area (Å²) in [6.45, 7) is 2.11. The summed E-state index contributed by atoms with van der Waals surface area (Å²) in [6.07, 6.45) is 5.66. The number of fused-ring (bicyclic) bond motifs is 1. The van der Waals surface area contributed by atoms with Crippen LogP contribution in [0.25, 0.3) is 0 Å². The fourth-order valence-corrected chi connectivity index (χ4v) is 4.80. The van der Waals surface area contributed by atoms with E-state index in [1.807, 2.05) is 0 Å². The van der Waals surface area contributed by atoms with Gasteiger partial charge >= 0.3 is 13.1 Å². The van der Waals surface area contributed by atoms with Crippen LogP contribution in [0.2, 0.25) is 5.82 Å². The molecule has 1 saturated carbocycles. The van der Waals surface area contributed by atoms with E-state index in [0.29, 0.717) is 30.8 Å². The Bertz CT molecular complexity index is 761. The van der Waals surface area contributed by atoms with Crippen LogP contribution in [0, 0.1) is 5.92 Å². The number of hydrogen-bond acceptors (Lipinski definition) is 6. The summed E-state index contributed by atoms with van der Waals surface area (Å²) in [5.41, 5.74) is 0.791. The van der Waals surface area contributed by atoms with Gasteiger partial charge in [-0.25, -0.2) is 4.79 Å². The summed E-state index contributed by atoms with van der Waals surface area (Å²) >= 11 is 0. The molecule has 7 nitrogen and oxygen atoms in total. The maximum Gasteiger partial charge on any atom is 0.526 e. The average molecular weight is 400 g/mol. The number of carbonyl (C=O) groups is 2. The van der Waals surface area contributed by atoms with Crippen LogP contribution in [-0.4, -0.2) is 54.2 Å². The second-order valence-electron chi connectivity index (χ2n) is 8.76. The van der Waals surface area contributed by atoms with Crippen molar-refractivity contribution in [2.75, 3.05) is 13.1 Å². The normalized spacial score (nSPS) is 26.9. The number of hydrogen-bond donors (Lipinski definition) is 4. The van der Waals surface area contributed by atoms with Crippen LogP contribution in [0.4, 0.5) is 0 Å². The average Bonchev–Trinajstić information content (AvgIpc) is 2.66. The lowest BCUT2D eigenvalue weighted by atomic mass is 9.64. The Morgan fingerprint density at radius 1 is 1.14 bits per heavy atom. The van der Waals surface area contributed by atoms with Gasteiger partial charge in [0.05, 0.1) is 5.56 Å². The third-order valence-electron chi connectivity index (χ3n) is 6.56. The summed E-state index contributed by atoms with van der Waals surface area (Å²) in [6, 6.07) is 6.12. The van der Waals surface area contributed by atoms with Crippen molar-refractivity contribution in [3.05, 3.63) is 29.3 Å². The van der Waals surface area contributed by atoms with E-state index < -0.39 is 13.1 Å². The second kappa shape index (κ2) is 8.85. The third kappa shape index (κ3) is 4.82. The Kier molecular flexibility index (Phi) is 6.22. The first-order valence-corrected chi connectivity index (χ1v) is 10.7. The van der Waals surface area contributed by atoms with E-state index in [4.69, 9.17) is 4.65 Å². The summed E-state index contributed by atoms with van der Waals surface area (Å²) in [7, 11) is -1.15. The standard InChI is InChI=1S/C21H29BN2O5/c25-18(8-13-4-6-16(7-5-13)24-17-11-23-12-17)10-15-9-14-2-1-3-19(21(26)27)20(14)29-22(15)28/h1-3,13,15-17,23-24,28H,4-12H2,(H,26,27)/t13?,15-,16?/m1/s1. The van der Waals surface area contributed by atoms with Crippen molar-refractivity contribution < 1.29 is 24.4 Å². The fourth-order valence-electron chi connectivity index (χ4n) is 4.80. The molecule has 2 heterocycles. The number of carboxylic acids is 1. The van der Waals surface area contributed by atoms with Gasteiger partial charge in [0, 0.05) is 43.8 Å². The maximum absolute atomic E-state index is 12.6. The van der Waals surface area contributed by atoms with Gasteiger partial charge in [-0.3, -0.25) is 4.79 Å². The van der Waals surface area contributed by atoms with Crippen molar-refractivity contribution in [2.45, 2.75) is 62.8 Å². The SMILES string of the molecule is O=C(CC1CCC(NC2CNC2)CC1)C[C@H]1Cc2cccc(C(=O)O)c2OB1O. The van der Waals surface area contributed by atoms with Crippen LogP contribution in [0.1, 0.15) is 54.4 Å². The number of Topliss-reactive ketones (excluding diaryl/α,β-unsaturated/α-hetero) is 1. The number of carbonyl (C=O) groups excluding carboxylic acids is 1. The topological polar surface area (TPSA) is 108 Å². The molecule has 1 aliphatic carbocycles. The Labute approximate surface area is 171 Å². The van der Waals surface area contributed by atoms with Crippen molar-refractivity contribution in [3.63, 3.8) is 0 Å². The number of carboxylic acid groups (broad SMARTS) is 1. The minimum atomic E-state index is -1.15. The van der Waals surface area contributed by atoms with Gasteiger partial charge in [0.25, 0.3) is 0 Å². The molecule has 1 aromatic carbocycles. The van der Waals surface area contributed by atoms with E-state index in [9.17, 15) is 19.7 Å². The predicted molar refractivity (Wildman–Crippen MR) is 109 cm³/mol. The summed E-state index contributed by atoms with van der Waals surface area (Å²) < 4.78 is 5.50. The molecule has 0 bridgehead atoms. The lowest BCUT2D eigenvalue weighted by molar-refractivity contribution is -0.120. The van der Waals surface area contributed by atoms with Gasteiger partial charge in [-0.15, -0.1) is 0 Å². The van der Waals surface area contributed by atoms with Crippen LogP contribution in [-0.2, 0) is 11.2 Å². The Morgan fingerprint density at radius 3 is 2.55 bits per heavy atom. The number of benzene rings is 1. The van der Waals surface area contributed by atoms with Gasteiger partial charge in [0.1, 0.15) is 11.5 Å². The van der Waals surface area contributed by atoms with Crippen LogP contribution in [0.3, 0.4) is 0 Å². The maximum atomic E-state index is 12.6. The van der Waals surface area contributed by atoms with Gasteiger partial charge < -0.3 is 25.4 Å². The zero-order valence-electron chi connectivity index (χ0n) is 16.6. The Morgan fingerprint density at radius 2 is 1.90 bits per heavy atom. The first-order chi connectivity index (χ1) is 14.0. The first-order valence-electron chi connectivity index (χ1n) is 10.7. The van der Waals surface area contributed by atoms with Crippen LogP contribution >= 0.6 is 0 Å². The molecule has 0 aromatic heterocycles. The van der Waals surface area contributed by atoms with Crippen molar-refractivity contribution in [3.8, 4) is 5.75 Å². The third-order valence-corrected chi connectivity index (χ3v) is 6.56. The lowest BCUT2D eigenvalue weighted by Crippen LogP contribution is -2.58. The van der Waals surface area contributed by atoms with Crippen LogP contribution in [0.5, 0.6) is 5.75 Å². The van der Waals surface area contributed by atoms with Crippen molar-refractivity contribution in [2.24, 2.45) is 5.92 Å². The molecule has 2 aliphatic heterocycles. The zero-order valence-corrected chi connectivity index (χ0v) is 16.6. The monoisotopic (exact) mass is 400 g/mol. The molecule has 29 heavy (non-hydrogen) atoms. The summed E-state index contributed by atoms with van der Waals surface area (Å²) in [5, 5.41) is 26.6. The van der Waals surface area contributed by atoms with Crippen LogP contribution < -0.4 is 15.3 Å². The molecule has 1 atom stereocenters. The highest BCUT2D eigenvalue weighted by Crippen LogP contribution is 2.37. The van der Waals surface area contributed by atoms with Crippen molar-refractivity contribution in [1.29, 1.82) is 0 Å². The number of rotatable bonds is 7. The molecule has 0 radical (unpaired) electrons. The molecule has 0 amide bonds. The molecule has 0 spiro atoms. The van der Waals surface area contributed by atoms with E-state index in [1.54, 1.807) is 12.1 Å². The van der Waals surface area contributed by atoms with E-state index in [2.05, 4.69) is 10.6 Å². The summed E-state index contributed by atoms with van der Waals surface area (Å²) in [5.74, 6) is -0.600. The molecule has 0 unspecified atom stereocenters. The van der Waals surface area contributed by atoms with E-state index in [-0.39, 0.29) is 29.3 Å². The molecule has 156 valence electrons. The molecule has 2 fully saturated rings. The highest BCUT2D eigenvalue weighted by Gasteiger charge is 2.38. The fraction of sp³-hybridized carbons (Fsp3) is 0.619. The smallest absolute Gasteiger partial charge is 0.526 e. The molecule has 4 rings (SSSR count). The minimum Gasteiger partial charge on any atom is -0.535 e. The second-order valence-corrected chi connectivity index (χ2v) is 8.76. The molecule has 4 N–H and O–H groups in total. The quantitative estimate of drug-likeness (QED) is 0.516. The van der Waals surface area contributed by atoms with Gasteiger partial charge in [-0.05, 0) is 49.7 Å². The first kappa shape index (κ1) is 20.4. The molecule has 3 aliphatic rings. The lowest BCUT2D eigenvalue weighted by Gasteiger charge is -2.36. The summed E-state index contributed by atoms with van der Waals surface area (Å²) in [4.78, 5) is 24.0. The number of ketones is 1. The van der Waals surface area contributed by atoms with E-state index in [0.717, 1.165) is 44.3 Å². The molecular weight excluding hydrogens is 371 g/mol. The number of aromatic carboxylic acids is 1. The zero-order chi connectivity index (χ0) is 20.4. The Balaban J connectivity index is 1.27. The van der Waals surface area contributed by atoms with E-state index >= 15 is 0 Å². The largest absolute Gasteiger partial charge is 0.535 e. The van der Waals surface area contributed by atoms with Gasteiger partial charge in [-0.2, -0.15) is 0 Å². The molecular formula is C21H29BN2O5. The highest BCUT2D eigenvalue weighted by molar-refractivity contribution is 6.47. The number of nitrogens with one attached hydrogen (secondary N) is 2. The van der Waals surface area contributed by atoms with Gasteiger partial charge in [0.2, 0.25) is 0 Å². The number of para-hydroxylation sites is 1. The van der Waals surface area contributed by atoms with Crippen molar-refractivity contribution >= 4 is 18.9 Å². The Hall–Kier alpha value is -1.90. The molecule has 1 saturated heterocycles. The highest BCUT2D eigenvalue weighted by atomic mass is 16.5. The van der Waals surface area contributed by atoms with Crippen molar-refractivity contribution in [1.82, 2.24) is 10.6 Å². The van der Waals surface area contributed by atoms with Gasteiger partial charge in [-0.1, -0.05) is 12.1 Å². The van der Waals surface area contributed by atoms with Crippen LogP contribution in [0.15, 0.2) is 18.2 Å².